The summed E-state index contributed by atoms with van der Waals surface area (Å²) in [5.74, 6) is 0.634. The van der Waals surface area contributed by atoms with Gasteiger partial charge in [-0.25, -0.2) is 0 Å². The number of methoxy groups -OCH3 is 2. The normalized spacial score (nSPS) is 16.7. The SMILES string of the molecule is COc1ccc(CC(CC(=O)O)N2CCCC2)cc1OC. The number of carboxylic acids is 1. The Morgan fingerprint density at radius 2 is 1.90 bits per heavy atom. The zero-order valence-electron chi connectivity index (χ0n) is 12.7. The molecule has 0 bridgehead atoms. The van der Waals surface area contributed by atoms with Gasteiger partial charge in [0, 0.05) is 6.04 Å². The smallest absolute Gasteiger partial charge is 0.304 e. The number of carbonyl (C=O) groups is 1. The van der Waals surface area contributed by atoms with E-state index in [4.69, 9.17) is 14.6 Å². The van der Waals surface area contributed by atoms with Gasteiger partial charge in [0.25, 0.3) is 0 Å². The fourth-order valence-electron chi connectivity index (χ4n) is 2.92. The molecule has 1 N–H and O–H groups in total. The third-order valence-electron chi connectivity index (χ3n) is 3.99. The van der Waals surface area contributed by atoms with Crippen LogP contribution in [-0.4, -0.2) is 49.3 Å². The summed E-state index contributed by atoms with van der Waals surface area (Å²) in [4.78, 5) is 13.4. The Hall–Kier alpha value is -1.75. The fraction of sp³-hybridized carbons (Fsp3) is 0.562. The monoisotopic (exact) mass is 293 g/mol. The molecule has 0 amide bonds. The van der Waals surface area contributed by atoms with Crippen LogP contribution in [0, 0.1) is 0 Å². The molecule has 0 aromatic heterocycles. The molecule has 21 heavy (non-hydrogen) atoms. The van der Waals surface area contributed by atoms with Crippen molar-refractivity contribution in [3.05, 3.63) is 23.8 Å². The lowest BCUT2D eigenvalue weighted by molar-refractivity contribution is -0.138. The average molecular weight is 293 g/mol. The van der Waals surface area contributed by atoms with Gasteiger partial charge in [0.15, 0.2) is 11.5 Å². The van der Waals surface area contributed by atoms with E-state index in [2.05, 4.69) is 4.90 Å². The largest absolute Gasteiger partial charge is 0.493 e. The molecule has 1 aromatic rings. The van der Waals surface area contributed by atoms with Crippen LogP contribution in [0.25, 0.3) is 0 Å². The van der Waals surface area contributed by atoms with Crippen LogP contribution in [0.1, 0.15) is 24.8 Å². The highest BCUT2D eigenvalue weighted by atomic mass is 16.5. The Bertz CT molecular complexity index is 483. The Morgan fingerprint density at radius 3 is 2.48 bits per heavy atom. The number of hydrogen-bond donors (Lipinski definition) is 1. The van der Waals surface area contributed by atoms with Gasteiger partial charge in [0.2, 0.25) is 0 Å². The molecule has 1 aliphatic rings. The molecule has 2 rings (SSSR count). The van der Waals surface area contributed by atoms with Gasteiger partial charge in [-0.3, -0.25) is 9.69 Å². The van der Waals surface area contributed by atoms with Gasteiger partial charge in [-0.05, 0) is 50.0 Å². The Morgan fingerprint density at radius 1 is 1.24 bits per heavy atom. The quantitative estimate of drug-likeness (QED) is 0.835. The average Bonchev–Trinajstić information content (AvgIpc) is 3.00. The zero-order chi connectivity index (χ0) is 15.2. The molecule has 1 aliphatic heterocycles. The summed E-state index contributed by atoms with van der Waals surface area (Å²) in [6, 6.07) is 5.83. The Balaban J connectivity index is 2.13. The van der Waals surface area contributed by atoms with Gasteiger partial charge in [0.1, 0.15) is 0 Å². The molecule has 0 saturated carbocycles. The maximum absolute atomic E-state index is 11.1. The first-order chi connectivity index (χ1) is 10.1. The molecule has 116 valence electrons. The predicted molar refractivity (Wildman–Crippen MR) is 80.1 cm³/mol. The van der Waals surface area contributed by atoms with Crippen molar-refractivity contribution in [3.8, 4) is 11.5 Å². The molecule has 5 nitrogen and oxygen atoms in total. The second-order valence-electron chi connectivity index (χ2n) is 5.39. The third-order valence-corrected chi connectivity index (χ3v) is 3.99. The molecule has 1 fully saturated rings. The minimum absolute atomic E-state index is 0.0445. The van der Waals surface area contributed by atoms with Gasteiger partial charge >= 0.3 is 5.97 Å². The highest BCUT2D eigenvalue weighted by molar-refractivity contribution is 5.67. The number of carboxylic acid groups (broad SMARTS) is 1. The predicted octanol–water partition coefficient (Wildman–Crippen LogP) is 2.19. The molecule has 1 unspecified atom stereocenters. The first-order valence-electron chi connectivity index (χ1n) is 7.30. The van der Waals surface area contributed by atoms with Crippen molar-refractivity contribution in [3.63, 3.8) is 0 Å². The van der Waals surface area contributed by atoms with E-state index >= 15 is 0 Å². The van der Waals surface area contributed by atoms with E-state index < -0.39 is 5.97 Å². The first-order valence-corrected chi connectivity index (χ1v) is 7.30. The Labute approximate surface area is 125 Å². The number of aliphatic carboxylic acids is 1. The van der Waals surface area contributed by atoms with Gasteiger partial charge in [-0.15, -0.1) is 0 Å². The van der Waals surface area contributed by atoms with E-state index in [1.54, 1.807) is 14.2 Å². The minimum atomic E-state index is -0.743. The molecule has 1 saturated heterocycles. The van der Waals surface area contributed by atoms with E-state index in [9.17, 15) is 4.79 Å². The minimum Gasteiger partial charge on any atom is -0.493 e. The molecule has 1 aromatic carbocycles. The summed E-state index contributed by atoms with van der Waals surface area (Å²) < 4.78 is 10.5. The Kier molecular flexibility index (Phi) is 5.44. The van der Waals surface area contributed by atoms with Gasteiger partial charge in [0.05, 0.1) is 20.6 Å². The molecule has 5 heteroatoms. The van der Waals surface area contributed by atoms with E-state index in [0.717, 1.165) is 31.5 Å². The lowest BCUT2D eigenvalue weighted by Gasteiger charge is -2.26. The lowest BCUT2D eigenvalue weighted by Crippen LogP contribution is -2.36. The van der Waals surface area contributed by atoms with Crippen LogP contribution >= 0.6 is 0 Å². The summed E-state index contributed by atoms with van der Waals surface area (Å²) in [5, 5.41) is 9.13. The summed E-state index contributed by atoms with van der Waals surface area (Å²) in [6.07, 6.45) is 3.20. The van der Waals surface area contributed by atoms with Crippen molar-refractivity contribution in [2.45, 2.75) is 31.7 Å². The van der Waals surface area contributed by atoms with Crippen LogP contribution in [0.2, 0.25) is 0 Å². The summed E-state index contributed by atoms with van der Waals surface area (Å²) in [6.45, 7) is 1.98. The highest BCUT2D eigenvalue weighted by Gasteiger charge is 2.24. The standard InChI is InChI=1S/C16H23NO4/c1-20-14-6-5-12(10-15(14)21-2)9-13(11-16(18)19)17-7-3-4-8-17/h5-6,10,13H,3-4,7-9,11H2,1-2H3,(H,18,19). The lowest BCUT2D eigenvalue weighted by atomic mass is 10.0. The first kappa shape index (κ1) is 15.6. The second kappa shape index (κ2) is 7.31. The number of benzene rings is 1. The topological polar surface area (TPSA) is 59.0 Å². The van der Waals surface area contributed by atoms with E-state index in [1.807, 2.05) is 18.2 Å². The maximum Gasteiger partial charge on any atom is 0.304 e. The van der Waals surface area contributed by atoms with E-state index in [0.29, 0.717) is 17.9 Å². The van der Waals surface area contributed by atoms with Crippen molar-refractivity contribution in [2.24, 2.45) is 0 Å². The molecular weight excluding hydrogens is 270 g/mol. The number of nitrogens with zero attached hydrogens (tertiary/aromatic N) is 1. The molecular formula is C16H23NO4. The summed E-state index contributed by atoms with van der Waals surface area (Å²) in [7, 11) is 3.21. The zero-order valence-corrected chi connectivity index (χ0v) is 12.7. The summed E-state index contributed by atoms with van der Waals surface area (Å²) >= 11 is 0. The highest BCUT2D eigenvalue weighted by Crippen LogP contribution is 2.29. The van der Waals surface area contributed by atoms with Crippen molar-refractivity contribution >= 4 is 5.97 Å². The third kappa shape index (κ3) is 4.11. The van der Waals surface area contributed by atoms with E-state index in [1.165, 1.54) is 0 Å². The molecule has 1 heterocycles. The number of ether oxygens (including phenoxy) is 2. The number of likely N-dealkylation sites (tertiary alicyclic amines) is 1. The van der Waals surface area contributed by atoms with Crippen molar-refractivity contribution in [1.82, 2.24) is 4.90 Å². The molecule has 0 spiro atoms. The fourth-order valence-corrected chi connectivity index (χ4v) is 2.92. The van der Waals surface area contributed by atoms with Crippen LogP contribution in [0.3, 0.4) is 0 Å². The molecule has 0 radical (unpaired) electrons. The molecule has 1 atom stereocenters. The number of rotatable bonds is 7. The molecule has 0 aliphatic carbocycles. The van der Waals surface area contributed by atoms with Gasteiger partial charge < -0.3 is 14.6 Å². The van der Waals surface area contributed by atoms with Crippen molar-refractivity contribution in [1.29, 1.82) is 0 Å². The number of hydrogen-bond acceptors (Lipinski definition) is 4. The van der Waals surface area contributed by atoms with Crippen LogP contribution < -0.4 is 9.47 Å². The maximum atomic E-state index is 11.1. The van der Waals surface area contributed by atoms with Crippen molar-refractivity contribution < 1.29 is 19.4 Å². The summed E-state index contributed by atoms with van der Waals surface area (Å²) in [5.41, 5.74) is 1.07. The van der Waals surface area contributed by atoms with Crippen LogP contribution in [0.4, 0.5) is 0 Å². The van der Waals surface area contributed by atoms with Crippen LogP contribution in [0.5, 0.6) is 11.5 Å². The second-order valence-corrected chi connectivity index (χ2v) is 5.39. The van der Waals surface area contributed by atoms with Gasteiger partial charge in [-0.2, -0.15) is 0 Å². The van der Waals surface area contributed by atoms with Gasteiger partial charge in [-0.1, -0.05) is 6.07 Å². The van der Waals surface area contributed by atoms with Crippen molar-refractivity contribution in [2.75, 3.05) is 27.3 Å². The van der Waals surface area contributed by atoms with Crippen LogP contribution in [-0.2, 0) is 11.2 Å². The van der Waals surface area contributed by atoms with E-state index in [-0.39, 0.29) is 12.5 Å². The van der Waals surface area contributed by atoms with Crippen LogP contribution in [0.15, 0.2) is 18.2 Å².